The summed E-state index contributed by atoms with van der Waals surface area (Å²) in [6, 6.07) is 8.94. The Morgan fingerprint density at radius 2 is 2.16 bits per heavy atom. The van der Waals surface area contributed by atoms with Crippen molar-refractivity contribution in [2.24, 2.45) is 0 Å². The first-order chi connectivity index (χ1) is 12.1. The smallest absolute Gasteiger partial charge is 0.269 e. The molecule has 6 nitrogen and oxygen atoms in total. The second-order valence-corrected chi connectivity index (χ2v) is 6.35. The lowest BCUT2D eigenvalue weighted by molar-refractivity contribution is -0.126. The lowest BCUT2D eigenvalue weighted by Crippen LogP contribution is -2.42. The minimum Gasteiger partial charge on any atom is -0.349 e. The maximum atomic E-state index is 12.3. The topological polar surface area (TPSA) is 78.1 Å². The summed E-state index contributed by atoms with van der Waals surface area (Å²) in [5.41, 5.74) is 1.92. The van der Waals surface area contributed by atoms with Crippen LogP contribution in [0.5, 0.6) is 0 Å². The third-order valence-corrected chi connectivity index (χ3v) is 4.55. The van der Waals surface area contributed by atoms with Crippen molar-refractivity contribution in [1.82, 2.24) is 20.4 Å². The van der Waals surface area contributed by atoms with Crippen LogP contribution in [0.15, 0.2) is 43.0 Å². The van der Waals surface area contributed by atoms with Crippen LogP contribution in [0.25, 0.3) is 11.3 Å². The summed E-state index contributed by atoms with van der Waals surface area (Å²) in [6.07, 6.45) is 3.12. The highest BCUT2D eigenvalue weighted by molar-refractivity contribution is 6.30. The Labute approximate surface area is 150 Å². The van der Waals surface area contributed by atoms with Gasteiger partial charge in [0, 0.05) is 29.7 Å². The van der Waals surface area contributed by atoms with Crippen molar-refractivity contribution in [1.29, 1.82) is 0 Å². The van der Waals surface area contributed by atoms with Gasteiger partial charge in [-0.15, -0.1) is 0 Å². The van der Waals surface area contributed by atoms with Gasteiger partial charge in [-0.1, -0.05) is 30.3 Å². The molecule has 1 saturated heterocycles. The molecule has 2 N–H and O–H groups in total. The largest absolute Gasteiger partial charge is 0.349 e. The quantitative estimate of drug-likeness (QED) is 0.806. The van der Waals surface area contributed by atoms with Gasteiger partial charge in [0.15, 0.2) is 0 Å². The molecule has 0 bridgehead atoms. The number of H-pyrrole nitrogens is 1. The number of amides is 2. The fraction of sp³-hybridized carbons (Fsp3) is 0.278. The van der Waals surface area contributed by atoms with E-state index in [9.17, 15) is 9.59 Å². The molecule has 1 aliphatic rings. The number of rotatable bonds is 5. The zero-order valence-electron chi connectivity index (χ0n) is 13.7. The maximum absolute atomic E-state index is 12.3. The molecule has 130 valence electrons. The number of carbonyl (C=O) groups excluding carboxylic acids is 2. The average molecular weight is 359 g/mol. The minimum atomic E-state index is -0.245. The van der Waals surface area contributed by atoms with Gasteiger partial charge in [0.25, 0.3) is 5.91 Å². The molecule has 0 aliphatic carbocycles. The Balaban J connectivity index is 1.61. The standard InChI is InChI=1S/C18H19ClN4O2/c1-2-17(24)23-9-3-4-14(23)11-20-18(25)16-10-15(21-22-16)12-5-7-13(19)8-6-12/h2,5-8,10,14H,1,3-4,9,11H2,(H,20,25)(H,21,22)/t14-/m1/s1. The fourth-order valence-electron chi connectivity index (χ4n) is 2.97. The molecular formula is C18H19ClN4O2. The zero-order chi connectivity index (χ0) is 17.8. The van der Waals surface area contributed by atoms with E-state index in [2.05, 4.69) is 22.1 Å². The zero-order valence-corrected chi connectivity index (χ0v) is 14.4. The molecule has 1 fully saturated rings. The van der Waals surface area contributed by atoms with Gasteiger partial charge in [0.05, 0.1) is 5.69 Å². The van der Waals surface area contributed by atoms with Crippen molar-refractivity contribution in [3.8, 4) is 11.3 Å². The number of halogens is 1. The van der Waals surface area contributed by atoms with Gasteiger partial charge >= 0.3 is 0 Å². The fourth-order valence-corrected chi connectivity index (χ4v) is 3.09. The number of hydrogen-bond donors (Lipinski definition) is 2. The lowest BCUT2D eigenvalue weighted by atomic mass is 10.1. The first kappa shape index (κ1) is 17.2. The third-order valence-electron chi connectivity index (χ3n) is 4.30. The van der Waals surface area contributed by atoms with E-state index in [1.54, 1.807) is 23.1 Å². The van der Waals surface area contributed by atoms with E-state index < -0.39 is 0 Å². The molecule has 2 aromatic rings. The number of hydrogen-bond acceptors (Lipinski definition) is 3. The highest BCUT2D eigenvalue weighted by Crippen LogP contribution is 2.20. The summed E-state index contributed by atoms with van der Waals surface area (Å²) < 4.78 is 0. The van der Waals surface area contributed by atoms with Crippen LogP contribution in [0.3, 0.4) is 0 Å². The summed E-state index contributed by atoms with van der Waals surface area (Å²) in [5, 5.41) is 10.4. The minimum absolute atomic E-state index is 0.00751. The van der Waals surface area contributed by atoms with E-state index >= 15 is 0 Å². The molecule has 2 amide bonds. The second-order valence-electron chi connectivity index (χ2n) is 5.92. The molecule has 0 unspecified atom stereocenters. The molecule has 1 aromatic carbocycles. The number of aromatic amines is 1. The van der Waals surface area contributed by atoms with Crippen LogP contribution < -0.4 is 5.32 Å². The van der Waals surface area contributed by atoms with Crippen molar-refractivity contribution in [2.45, 2.75) is 18.9 Å². The van der Waals surface area contributed by atoms with Gasteiger partial charge in [0.1, 0.15) is 5.69 Å². The number of likely N-dealkylation sites (tertiary alicyclic amines) is 1. The summed E-state index contributed by atoms with van der Waals surface area (Å²) >= 11 is 5.88. The first-order valence-electron chi connectivity index (χ1n) is 8.11. The molecule has 1 aliphatic heterocycles. The highest BCUT2D eigenvalue weighted by atomic mass is 35.5. The molecule has 1 atom stereocenters. The molecule has 7 heteroatoms. The average Bonchev–Trinajstić information content (AvgIpc) is 3.29. The summed E-state index contributed by atoms with van der Waals surface area (Å²) in [7, 11) is 0. The van der Waals surface area contributed by atoms with E-state index in [0.29, 0.717) is 29.5 Å². The highest BCUT2D eigenvalue weighted by Gasteiger charge is 2.27. The van der Waals surface area contributed by atoms with Gasteiger partial charge in [0.2, 0.25) is 5.91 Å². The van der Waals surface area contributed by atoms with Crippen LogP contribution in [0, 0.1) is 0 Å². The Morgan fingerprint density at radius 1 is 1.40 bits per heavy atom. The molecule has 2 heterocycles. The van der Waals surface area contributed by atoms with Crippen molar-refractivity contribution in [3.63, 3.8) is 0 Å². The molecule has 0 spiro atoms. The maximum Gasteiger partial charge on any atom is 0.269 e. The second kappa shape index (κ2) is 7.53. The van der Waals surface area contributed by atoms with E-state index in [4.69, 9.17) is 11.6 Å². The number of carbonyl (C=O) groups is 2. The molecular weight excluding hydrogens is 340 g/mol. The van der Waals surface area contributed by atoms with Crippen molar-refractivity contribution < 1.29 is 9.59 Å². The SMILES string of the molecule is C=CC(=O)N1CCC[C@@H]1CNC(=O)c1cc(-c2ccc(Cl)cc2)n[nH]1. The Bertz CT molecular complexity index is 785. The Hall–Kier alpha value is -2.60. The summed E-state index contributed by atoms with van der Waals surface area (Å²) in [5.74, 6) is -0.339. The van der Waals surface area contributed by atoms with Crippen LogP contribution in [0.2, 0.25) is 5.02 Å². The Kier molecular flexibility index (Phi) is 5.19. The number of aromatic nitrogens is 2. The van der Waals surface area contributed by atoms with Crippen LogP contribution >= 0.6 is 11.6 Å². The first-order valence-corrected chi connectivity index (χ1v) is 8.49. The van der Waals surface area contributed by atoms with Crippen LogP contribution in [-0.2, 0) is 4.79 Å². The van der Waals surface area contributed by atoms with E-state index in [1.807, 2.05) is 12.1 Å². The molecule has 0 radical (unpaired) electrons. The monoisotopic (exact) mass is 358 g/mol. The number of benzene rings is 1. The van der Waals surface area contributed by atoms with Crippen LogP contribution in [-0.4, -0.2) is 46.0 Å². The predicted molar refractivity (Wildman–Crippen MR) is 96.3 cm³/mol. The van der Waals surface area contributed by atoms with Crippen molar-refractivity contribution in [2.75, 3.05) is 13.1 Å². The van der Waals surface area contributed by atoms with Gasteiger partial charge in [-0.05, 0) is 37.1 Å². The summed E-state index contributed by atoms with van der Waals surface area (Å²) in [4.78, 5) is 25.9. The van der Waals surface area contributed by atoms with E-state index in [0.717, 1.165) is 18.4 Å². The summed E-state index contributed by atoms with van der Waals surface area (Å²) in [6.45, 7) is 4.63. The molecule has 1 aromatic heterocycles. The lowest BCUT2D eigenvalue weighted by Gasteiger charge is -2.23. The van der Waals surface area contributed by atoms with Gasteiger partial charge in [-0.25, -0.2) is 0 Å². The van der Waals surface area contributed by atoms with Gasteiger partial charge < -0.3 is 10.2 Å². The number of nitrogens with zero attached hydrogens (tertiary/aromatic N) is 2. The van der Waals surface area contributed by atoms with Gasteiger partial charge in [-0.2, -0.15) is 5.10 Å². The normalized spacial score (nSPS) is 16.7. The van der Waals surface area contributed by atoms with Crippen molar-refractivity contribution in [3.05, 3.63) is 53.7 Å². The van der Waals surface area contributed by atoms with Gasteiger partial charge in [-0.3, -0.25) is 14.7 Å². The van der Waals surface area contributed by atoms with E-state index in [1.165, 1.54) is 6.08 Å². The molecule has 3 rings (SSSR count). The third kappa shape index (κ3) is 3.91. The molecule has 0 saturated carbocycles. The Morgan fingerprint density at radius 3 is 2.88 bits per heavy atom. The van der Waals surface area contributed by atoms with E-state index in [-0.39, 0.29) is 17.9 Å². The van der Waals surface area contributed by atoms with Crippen molar-refractivity contribution >= 4 is 23.4 Å². The predicted octanol–water partition coefficient (Wildman–Crippen LogP) is 2.64. The van der Waals surface area contributed by atoms with Crippen LogP contribution in [0.4, 0.5) is 0 Å². The van der Waals surface area contributed by atoms with Crippen LogP contribution in [0.1, 0.15) is 23.3 Å². The molecule has 25 heavy (non-hydrogen) atoms. The number of nitrogens with one attached hydrogen (secondary N) is 2.